The van der Waals surface area contributed by atoms with E-state index in [4.69, 9.17) is 9.47 Å². The Balaban J connectivity index is 2.47. The van der Waals surface area contributed by atoms with E-state index in [2.05, 4.69) is 19.9 Å². The predicted molar refractivity (Wildman–Crippen MR) is 50.1 cm³/mol. The molecule has 0 spiro atoms. The van der Waals surface area contributed by atoms with Gasteiger partial charge in [0.1, 0.15) is 6.33 Å². The predicted octanol–water partition coefficient (Wildman–Crippen LogP) is 0.0745. The second-order valence-electron chi connectivity index (χ2n) is 2.58. The number of ether oxygens (including phenoxy) is 2. The molecule has 78 valence electrons. The Labute approximate surface area is 85.7 Å². The van der Waals surface area contributed by atoms with Crippen molar-refractivity contribution in [2.24, 2.45) is 0 Å². The number of rotatable bonds is 3. The summed E-state index contributed by atoms with van der Waals surface area (Å²) in [5.41, 5.74) is 0. The lowest BCUT2D eigenvalue weighted by Gasteiger charge is -2.04. The second-order valence-corrected chi connectivity index (χ2v) is 2.58. The minimum Gasteiger partial charge on any atom is -0.467 e. The average Bonchev–Trinajstić information content (AvgIpc) is 2.81. The fourth-order valence-electron chi connectivity index (χ4n) is 1.00. The fourth-order valence-corrected chi connectivity index (χ4v) is 1.00. The van der Waals surface area contributed by atoms with Crippen molar-refractivity contribution in [1.29, 1.82) is 0 Å². The molecule has 0 N–H and O–H groups in total. The van der Waals surface area contributed by atoms with Crippen LogP contribution in [0.4, 0.5) is 0 Å². The van der Waals surface area contributed by atoms with Crippen molar-refractivity contribution >= 4 is 0 Å². The summed E-state index contributed by atoms with van der Waals surface area (Å²) in [4.78, 5) is 15.9. The van der Waals surface area contributed by atoms with Crippen LogP contribution in [0.3, 0.4) is 0 Å². The summed E-state index contributed by atoms with van der Waals surface area (Å²) in [6, 6.07) is 0.399. The first-order chi connectivity index (χ1) is 7.33. The molecule has 2 heterocycles. The van der Waals surface area contributed by atoms with Gasteiger partial charge in [-0.15, -0.1) is 4.98 Å². The first-order valence-corrected chi connectivity index (χ1v) is 4.16. The molecule has 0 amide bonds. The molecule has 0 unspecified atom stereocenters. The Kier molecular flexibility index (Phi) is 2.44. The maximum atomic E-state index is 4.92. The van der Waals surface area contributed by atoms with E-state index in [1.807, 2.05) is 0 Å². The Bertz CT molecular complexity index is 420. The molecule has 2 aromatic heterocycles. The van der Waals surface area contributed by atoms with Crippen molar-refractivity contribution in [1.82, 2.24) is 24.5 Å². The Morgan fingerprint density at radius 1 is 1.07 bits per heavy atom. The molecule has 0 saturated carbocycles. The molecule has 0 radical (unpaired) electrons. The zero-order valence-corrected chi connectivity index (χ0v) is 8.28. The van der Waals surface area contributed by atoms with Gasteiger partial charge < -0.3 is 9.47 Å². The van der Waals surface area contributed by atoms with Gasteiger partial charge in [0.25, 0.3) is 0 Å². The lowest BCUT2D eigenvalue weighted by atomic mass is 10.8. The number of methoxy groups -OCH3 is 2. The number of hydrogen-bond acceptors (Lipinski definition) is 6. The largest absolute Gasteiger partial charge is 0.467 e. The van der Waals surface area contributed by atoms with Gasteiger partial charge in [0.15, 0.2) is 0 Å². The minimum absolute atomic E-state index is 0.200. The molecule has 7 nitrogen and oxygen atoms in total. The van der Waals surface area contributed by atoms with Gasteiger partial charge in [-0.25, -0.2) is 4.98 Å². The van der Waals surface area contributed by atoms with Crippen LogP contribution in [0.2, 0.25) is 0 Å². The Hall–Kier alpha value is -2.18. The number of nitrogens with zero attached hydrogens (tertiary/aromatic N) is 5. The lowest BCUT2D eigenvalue weighted by molar-refractivity contribution is 0.338. The first-order valence-electron chi connectivity index (χ1n) is 4.16. The average molecular weight is 207 g/mol. The molecule has 0 aromatic carbocycles. The monoisotopic (exact) mass is 207 g/mol. The minimum atomic E-state index is 0.200. The summed E-state index contributed by atoms with van der Waals surface area (Å²) in [5, 5.41) is 0. The molecule has 2 rings (SSSR count). The molecular formula is C8H9N5O2. The quantitative estimate of drug-likeness (QED) is 0.709. The van der Waals surface area contributed by atoms with Crippen molar-refractivity contribution < 1.29 is 9.47 Å². The lowest BCUT2D eigenvalue weighted by Crippen LogP contribution is -2.05. The van der Waals surface area contributed by atoms with Crippen LogP contribution in [0.1, 0.15) is 0 Å². The molecule has 7 heteroatoms. The molecule has 0 atom stereocenters. The molecule has 0 aliphatic heterocycles. The molecule has 2 aromatic rings. The van der Waals surface area contributed by atoms with Gasteiger partial charge in [0.05, 0.1) is 14.2 Å². The fraction of sp³-hybridized carbons (Fsp3) is 0.250. The van der Waals surface area contributed by atoms with E-state index in [0.29, 0.717) is 5.95 Å². The van der Waals surface area contributed by atoms with Crippen LogP contribution in [0.25, 0.3) is 5.95 Å². The Morgan fingerprint density at radius 3 is 2.20 bits per heavy atom. The van der Waals surface area contributed by atoms with Gasteiger partial charge in [-0.05, 0) is 0 Å². The summed E-state index contributed by atoms with van der Waals surface area (Å²) < 4.78 is 11.5. The Morgan fingerprint density at radius 2 is 1.73 bits per heavy atom. The van der Waals surface area contributed by atoms with Crippen molar-refractivity contribution in [3.8, 4) is 18.0 Å². The van der Waals surface area contributed by atoms with Gasteiger partial charge in [-0.3, -0.25) is 4.57 Å². The molecule has 15 heavy (non-hydrogen) atoms. The summed E-state index contributed by atoms with van der Waals surface area (Å²) >= 11 is 0. The zero-order valence-electron chi connectivity index (χ0n) is 8.28. The van der Waals surface area contributed by atoms with Gasteiger partial charge >= 0.3 is 12.0 Å². The molecule has 0 aliphatic rings. The summed E-state index contributed by atoms with van der Waals surface area (Å²) in [7, 11) is 2.96. The van der Waals surface area contributed by atoms with Gasteiger partial charge in [0, 0.05) is 12.4 Å². The van der Waals surface area contributed by atoms with E-state index >= 15 is 0 Å². The molecular weight excluding hydrogens is 198 g/mol. The SMILES string of the molecule is COc1nc(OC)nc(-n2ccnc2)n1. The third-order valence-corrected chi connectivity index (χ3v) is 1.68. The summed E-state index contributed by atoms with van der Waals surface area (Å²) in [6.45, 7) is 0. The van der Waals surface area contributed by atoms with Crippen LogP contribution in [-0.4, -0.2) is 38.7 Å². The topological polar surface area (TPSA) is 75.0 Å². The van der Waals surface area contributed by atoms with Crippen molar-refractivity contribution in [2.45, 2.75) is 0 Å². The zero-order chi connectivity index (χ0) is 10.7. The van der Waals surface area contributed by atoms with Crippen LogP contribution >= 0.6 is 0 Å². The maximum Gasteiger partial charge on any atom is 0.324 e. The number of aromatic nitrogens is 5. The van der Waals surface area contributed by atoms with Crippen molar-refractivity contribution in [2.75, 3.05) is 14.2 Å². The van der Waals surface area contributed by atoms with Crippen LogP contribution in [-0.2, 0) is 0 Å². The highest BCUT2D eigenvalue weighted by Gasteiger charge is 2.07. The molecule has 0 fully saturated rings. The van der Waals surface area contributed by atoms with E-state index in [0.717, 1.165) is 0 Å². The van der Waals surface area contributed by atoms with E-state index in [1.54, 1.807) is 23.3 Å². The summed E-state index contributed by atoms with van der Waals surface area (Å²) in [6.07, 6.45) is 4.92. The maximum absolute atomic E-state index is 4.92. The van der Waals surface area contributed by atoms with Gasteiger partial charge in [-0.1, -0.05) is 0 Å². The number of imidazole rings is 1. The van der Waals surface area contributed by atoms with Crippen molar-refractivity contribution in [3.63, 3.8) is 0 Å². The molecule has 0 bridgehead atoms. The second kappa shape index (κ2) is 3.91. The smallest absolute Gasteiger partial charge is 0.324 e. The highest BCUT2D eigenvalue weighted by atomic mass is 16.5. The molecule has 0 saturated heterocycles. The van der Waals surface area contributed by atoms with E-state index in [-0.39, 0.29) is 12.0 Å². The van der Waals surface area contributed by atoms with Crippen LogP contribution in [0.15, 0.2) is 18.7 Å². The third-order valence-electron chi connectivity index (χ3n) is 1.68. The van der Waals surface area contributed by atoms with Gasteiger partial charge in [0.2, 0.25) is 5.95 Å². The molecule has 0 aliphatic carbocycles. The summed E-state index contributed by atoms with van der Waals surface area (Å²) in [5.74, 6) is 0.399. The van der Waals surface area contributed by atoms with Crippen LogP contribution in [0, 0.1) is 0 Å². The normalized spacial score (nSPS) is 10.0. The highest BCUT2D eigenvalue weighted by Crippen LogP contribution is 2.11. The van der Waals surface area contributed by atoms with E-state index < -0.39 is 0 Å². The number of hydrogen-bond donors (Lipinski definition) is 0. The first kappa shape index (κ1) is 9.38. The van der Waals surface area contributed by atoms with Crippen LogP contribution < -0.4 is 9.47 Å². The van der Waals surface area contributed by atoms with Crippen LogP contribution in [0.5, 0.6) is 12.0 Å². The van der Waals surface area contributed by atoms with E-state index in [9.17, 15) is 0 Å². The standard InChI is InChI=1S/C8H9N5O2/c1-14-7-10-6(11-8(12-7)15-2)13-4-3-9-5-13/h3-5H,1-2H3. The van der Waals surface area contributed by atoms with Crippen molar-refractivity contribution in [3.05, 3.63) is 18.7 Å². The van der Waals surface area contributed by atoms with E-state index in [1.165, 1.54) is 14.2 Å². The highest BCUT2D eigenvalue weighted by molar-refractivity contribution is 5.16. The van der Waals surface area contributed by atoms with Gasteiger partial charge in [-0.2, -0.15) is 9.97 Å². The third kappa shape index (κ3) is 1.85.